The Balaban J connectivity index is 1.91. The predicted octanol–water partition coefficient (Wildman–Crippen LogP) is 2.86. The lowest BCUT2D eigenvalue weighted by molar-refractivity contribution is 0.0996. The first-order chi connectivity index (χ1) is 10.6. The van der Waals surface area contributed by atoms with E-state index in [1.807, 2.05) is 24.3 Å². The van der Waals surface area contributed by atoms with Gasteiger partial charge in [-0.2, -0.15) is 4.99 Å². The minimum Gasteiger partial charge on any atom is -0.386 e. The molecule has 1 heterocycles. The Labute approximate surface area is 136 Å². The Kier molecular flexibility index (Phi) is 4.02. The van der Waals surface area contributed by atoms with Crippen molar-refractivity contribution in [3.8, 4) is 0 Å². The molecular weight excluding hydrogens is 344 g/mol. The standard InChI is InChI=1S/C16H15BrN4O/c17-12-4-2-11(3-5-12)16(6-1-7-16)15(18)21-14(22)13-10-19-8-9-20-13/h2-5,8-10H,1,6-7H2,(H2,18,21,22). The van der Waals surface area contributed by atoms with E-state index in [9.17, 15) is 4.79 Å². The van der Waals surface area contributed by atoms with Crippen LogP contribution in [-0.2, 0) is 5.41 Å². The van der Waals surface area contributed by atoms with Crippen LogP contribution in [0.2, 0.25) is 0 Å². The minimum atomic E-state index is -0.450. The molecule has 3 rings (SSSR count). The number of nitrogens with zero attached hydrogens (tertiary/aromatic N) is 3. The lowest BCUT2D eigenvalue weighted by atomic mass is 9.63. The predicted molar refractivity (Wildman–Crippen MR) is 87.7 cm³/mol. The third kappa shape index (κ3) is 2.66. The van der Waals surface area contributed by atoms with Crippen molar-refractivity contribution < 1.29 is 4.79 Å². The maximum absolute atomic E-state index is 12.1. The molecule has 0 radical (unpaired) electrons. The number of nitrogens with two attached hydrogens (primary N) is 1. The molecule has 1 aliphatic carbocycles. The number of halogens is 1. The van der Waals surface area contributed by atoms with E-state index in [0.29, 0.717) is 5.84 Å². The van der Waals surface area contributed by atoms with Gasteiger partial charge in [-0.25, -0.2) is 4.98 Å². The Hall–Kier alpha value is -2.08. The molecule has 0 unspecified atom stereocenters. The van der Waals surface area contributed by atoms with Crippen LogP contribution in [0.5, 0.6) is 0 Å². The molecule has 1 aliphatic rings. The van der Waals surface area contributed by atoms with Gasteiger partial charge in [-0.3, -0.25) is 9.78 Å². The van der Waals surface area contributed by atoms with Gasteiger partial charge in [0.15, 0.2) is 0 Å². The van der Waals surface area contributed by atoms with Crippen LogP contribution in [-0.4, -0.2) is 21.7 Å². The zero-order valence-electron chi connectivity index (χ0n) is 11.9. The Morgan fingerprint density at radius 2 is 1.95 bits per heavy atom. The number of hydrogen-bond acceptors (Lipinski definition) is 3. The SMILES string of the molecule is NC(=NC(=O)c1cnccn1)C1(c2ccc(Br)cc2)CCC1. The summed E-state index contributed by atoms with van der Waals surface area (Å²) in [6.07, 6.45) is 7.25. The second-order valence-electron chi connectivity index (χ2n) is 5.34. The second kappa shape index (κ2) is 5.96. The summed E-state index contributed by atoms with van der Waals surface area (Å²) >= 11 is 3.43. The number of amidine groups is 1. The number of aromatic nitrogens is 2. The van der Waals surface area contributed by atoms with Gasteiger partial charge in [-0.05, 0) is 30.5 Å². The van der Waals surface area contributed by atoms with Crippen molar-refractivity contribution in [1.29, 1.82) is 0 Å². The first kappa shape index (κ1) is 14.8. The van der Waals surface area contributed by atoms with Gasteiger partial charge < -0.3 is 5.73 Å². The van der Waals surface area contributed by atoms with E-state index in [4.69, 9.17) is 5.73 Å². The maximum atomic E-state index is 12.1. The van der Waals surface area contributed by atoms with Crippen LogP contribution in [0.15, 0.2) is 52.3 Å². The van der Waals surface area contributed by atoms with E-state index in [0.717, 1.165) is 29.3 Å². The van der Waals surface area contributed by atoms with Gasteiger partial charge in [0.1, 0.15) is 11.5 Å². The monoisotopic (exact) mass is 358 g/mol. The highest BCUT2D eigenvalue weighted by atomic mass is 79.9. The van der Waals surface area contributed by atoms with Gasteiger partial charge in [-0.1, -0.05) is 34.5 Å². The second-order valence-corrected chi connectivity index (χ2v) is 6.25. The topological polar surface area (TPSA) is 81.2 Å². The summed E-state index contributed by atoms with van der Waals surface area (Å²) < 4.78 is 1.01. The van der Waals surface area contributed by atoms with Gasteiger partial charge >= 0.3 is 0 Å². The fourth-order valence-corrected chi connectivity index (χ4v) is 2.94. The maximum Gasteiger partial charge on any atom is 0.298 e. The Morgan fingerprint density at radius 3 is 2.50 bits per heavy atom. The van der Waals surface area contributed by atoms with E-state index in [1.165, 1.54) is 18.6 Å². The molecule has 0 atom stereocenters. The number of benzene rings is 1. The van der Waals surface area contributed by atoms with Crippen molar-refractivity contribution in [2.24, 2.45) is 10.7 Å². The van der Waals surface area contributed by atoms with E-state index < -0.39 is 5.91 Å². The average molecular weight is 359 g/mol. The number of aliphatic imine (C=N–C) groups is 1. The van der Waals surface area contributed by atoms with Crippen molar-refractivity contribution in [2.45, 2.75) is 24.7 Å². The van der Waals surface area contributed by atoms with Gasteiger partial charge in [0.2, 0.25) is 0 Å². The van der Waals surface area contributed by atoms with Crippen LogP contribution in [0.3, 0.4) is 0 Å². The molecule has 2 N–H and O–H groups in total. The van der Waals surface area contributed by atoms with Crippen LogP contribution < -0.4 is 5.73 Å². The van der Waals surface area contributed by atoms with Gasteiger partial charge in [0.05, 0.1) is 11.6 Å². The van der Waals surface area contributed by atoms with E-state index in [-0.39, 0.29) is 11.1 Å². The summed E-state index contributed by atoms with van der Waals surface area (Å²) in [7, 11) is 0. The number of hydrogen-bond donors (Lipinski definition) is 1. The molecule has 1 saturated carbocycles. The van der Waals surface area contributed by atoms with E-state index >= 15 is 0 Å². The smallest absolute Gasteiger partial charge is 0.298 e. The molecule has 5 nitrogen and oxygen atoms in total. The molecule has 1 aromatic carbocycles. The molecular formula is C16H15BrN4O. The molecule has 1 amide bonds. The molecule has 1 aromatic heterocycles. The van der Waals surface area contributed by atoms with Gasteiger partial charge in [0, 0.05) is 16.9 Å². The zero-order valence-corrected chi connectivity index (χ0v) is 13.5. The molecule has 6 heteroatoms. The summed E-state index contributed by atoms with van der Waals surface area (Å²) in [4.78, 5) is 24.1. The van der Waals surface area contributed by atoms with Crippen molar-refractivity contribution in [2.75, 3.05) is 0 Å². The van der Waals surface area contributed by atoms with E-state index in [2.05, 4.69) is 30.9 Å². The Bertz CT molecular complexity index is 709. The first-order valence-electron chi connectivity index (χ1n) is 7.03. The molecule has 112 valence electrons. The largest absolute Gasteiger partial charge is 0.386 e. The fraction of sp³-hybridized carbons (Fsp3) is 0.250. The zero-order chi connectivity index (χ0) is 15.6. The first-order valence-corrected chi connectivity index (χ1v) is 7.82. The van der Waals surface area contributed by atoms with Crippen molar-refractivity contribution in [3.63, 3.8) is 0 Å². The number of carbonyl (C=O) groups excluding carboxylic acids is 1. The highest BCUT2D eigenvalue weighted by Gasteiger charge is 2.42. The minimum absolute atomic E-state index is 0.204. The molecule has 0 bridgehead atoms. The lowest BCUT2D eigenvalue weighted by Gasteiger charge is -2.41. The highest BCUT2D eigenvalue weighted by molar-refractivity contribution is 9.10. The van der Waals surface area contributed by atoms with Crippen LogP contribution in [0, 0.1) is 0 Å². The quantitative estimate of drug-likeness (QED) is 0.675. The summed E-state index contributed by atoms with van der Waals surface area (Å²) in [5.41, 5.74) is 7.15. The molecule has 2 aromatic rings. The summed E-state index contributed by atoms with van der Waals surface area (Å²) in [5, 5.41) is 0. The molecule has 1 fully saturated rings. The van der Waals surface area contributed by atoms with Crippen LogP contribution in [0.1, 0.15) is 35.3 Å². The van der Waals surface area contributed by atoms with Crippen LogP contribution in [0.25, 0.3) is 0 Å². The van der Waals surface area contributed by atoms with Crippen LogP contribution in [0.4, 0.5) is 0 Å². The third-order valence-corrected chi connectivity index (χ3v) is 4.63. The molecule has 22 heavy (non-hydrogen) atoms. The molecule has 0 saturated heterocycles. The van der Waals surface area contributed by atoms with Crippen molar-refractivity contribution >= 4 is 27.7 Å². The number of rotatable bonds is 3. The van der Waals surface area contributed by atoms with Gasteiger partial charge in [-0.15, -0.1) is 0 Å². The fourth-order valence-electron chi connectivity index (χ4n) is 2.68. The average Bonchev–Trinajstić information content (AvgIpc) is 2.49. The van der Waals surface area contributed by atoms with Crippen molar-refractivity contribution in [3.05, 3.63) is 58.6 Å². The summed E-state index contributed by atoms with van der Waals surface area (Å²) in [6, 6.07) is 8.01. The third-order valence-electron chi connectivity index (χ3n) is 4.10. The number of amides is 1. The Morgan fingerprint density at radius 1 is 1.23 bits per heavy atom. The molecule has 0 aliphatic heterocycles. The lowest BCUT2D eigenvalue weighted by Crippen LogP contribution is -2.47. The number of carbonyl (C=O) groups is 1. The molecule has 0 spiro atoms. The van der Waals surface area contributed by atoms with Crippen LogP contribution >= 0.6 is 15.9 Å². The highest BCUT2D eigenvalue weighted by Crippen LogP contribution is 2.44. The summed E-state index contributed by atoms with van der Waals surface area (Å²) in [5.74, 6) is -0.0919. The summed E-state index contributed by atoms with van der Waals surface area (Å²) in [6.45, 7) is 0. The van der Waals surface area contributed by atoms with Crippen molar-refractivity contribution in [1.82, 2.24) is 9.97 Å². The normalized spacial score (nSPS) is 16.9. The van der Waals surface area contributed by atoms with E-state index in [1.54, 1.807) is 0 Å². The van der Waals surface area contributed by atoms with Gasteiger partial charge in [0.25, 0.3) is 5.91 Å².